The van der Waals surface area contributed by atoms with Crippen molar-refractivity contribution in [1.82, 2.24) is 5.32 Å². The largest absolute Gasteiger partial charge is 0.467 e. The lowest BCUT2D eigenvalue weighted by Crippen LogP contribution is -2.41. The van der Waals surface area contributed by atoms with Gasteiger partial charge in [0, 0.05) is 5.56 Å². The molecule has 0 heterocycles. The first-order valence-electron chi connectivity index (χ1n) is 7.83. The molecule has 1 aromatic carbocycles. The van der Waals surface area contributed by atoms with E-state index < -0.39 is 23.7 Å². The number of carbonyl (C=O) groups is 2. The molecule has 0 aliphatic carbocycles. The lowest BCUT2D eigenvalue weighted by atomic mass is 10.1. The number of amides is 1. The summed E-state index contributed by atoms with van der Waals surface area (Å²) in [4.78, 5) is 23.9. The molecule has 0 bridgehead atoms. The maximum atomic E-state index is 13.2. The van der Waals surface area contributed by atoms with E-state index in [1.54, 1.807) is 0 Å². The Labute approximate surface area is 136 Å². The van der Waals surface area contributed by atoms with Gasteiger partial charge in [0.1, 0.15) is 11.9 Å². The van der Waals surface area contributed by atoms with Crippen LogP contribution >= 0.6 is 0 Å². The van der Waals surface area contributed by atoms with Gasteiger partial charge >= 0.3 is 5.97 Å². The molecular weight excluding hydrogens is 297 g/mol. The number of nitrogens with one attached hydrogen (secondary N) is 1. The summed E-state index contributed by atoms with van der Waals surface area (Å²) < 4.78 is 17.9. The average molecular weight is 321 g/mol. The number of ether oxygens (including phenoxy) is 1. The number of benzene rings is 1. The van der Waals surface area contributed by atoms with Crippen LogP contribution in [0.15, 0.2) is 36.9 Å². The molecule has 0 radical (unpaired) electrons. The van der Waals surface area contributed by atoms with Gasteiger partial charge < -0.3 is 10.1 Å². The molecule has 0 unspecified atom stereocenters. The predicted molar refractivity (Wildman–Crippen MR) is 87.6 cm³/mol. The smallest absolute Gasteiger partial charge is 0.328 e. The van der Waals surface area contributed by atoms with Crippen molar-refractivity contribution in [2.24, 2.45) is 0 Å². The lowest BCUT2D eigenvalue weighted by Gasteiger charge is -2.16. The van der Waals surface area contributed by atoms with Gasteiger partial charge in [0.05, 0.1) is 7.11 Å². The summed E-state index contributed by atoms with van der Waals surface area (Å²) in [5.41, 5.74) is 0.185. The number of esters is 1. The second-order valence-electron chi connectivity index (χ2n) is 5.34. The van der Waals surface area contributed by atoms with Gasteiger partial charge in [-0.3, -0.25) is 4.79 Å². The fourth-order valence-electron chi connectivity index (χ4n) is 2.25. The first-order valence-corrected chi connectivity index (χ1v) is 7.83. The van der Waals surface area contributed by atoms with Crippen molar-refractivity contribution >= 4 is 11.9 Å². The minimum atomic E-state index is -0.713. The second kappa shape index (κ2) is 10.5. The van der Waals surface area contributed by atoms with Crippen molar-refractivity contribution in [2.75, 3.05) is 7.11 Å². The Kier molecular flexibility index (Phi) is 8.65. The third-order valence-corrected chi connectivity index (χ3v) is 3.53. The maximum Gasteiger partial charge on any atom is 0.328 e. The topological polar surface area (TPSA) is 55.4 Å². The number of allylic oxidation sites excluding steroid dienone is 1. The van der Waals surface area contributed by atoms with Crippen molar-refractivity contribution < 1.29 is 18.7 Å². The van der Waals surface area contributed by atoms with E-state index >= 15 is 0 Å². The molecule has 0 aliphatic heterocycles. The summed E-state index contributed by atoms with van der Waals surface area (Å²) in [6.07, 6.45) is 7.27. The SMILES string of the molecule is C=CCCCCCC[C@H](NC(=O)c1cccc(F)c1)C(=O)OC. The standard InChI is InChI=1S/C18H24FNO3/c1-3-4-5-6-7-8-12-16(18(22)23-2)20-17(21)14-10-9-11-15(19)13-14/h3,9-11,13,16H,1,4-8,12H2,2H3,(H,20,21)/t16-/m0/s1. The van der Waals surface area contributed by atoms with Crippen molar-refractivity contribution in [3.63, 3.8) is 0 Å². The highest BCUT2D eigenvalue weighted by Crippen LogP contribution is 2.10. The molecule has 0 spiro atoms. The summed E-state index contributed by atoms with van der Waals surface area (Å²) in [6, 6.07) is 4.64. The van der Waals surface area contributed by atoms with Crippen LogP contribution in [0.25, 0.3) is 0 Å². The molecule has 0 saturated heterocycles. The van der Waals surface area contributed by atoms with E-state index in [1.165, 1.54) is 25.3 Å². The van der Waals surface area contributed by atoms with E-state index in [-0.39, 0.29) is 5.56 Å². The molecule has 1 atom stereocenters. The zero-order valence-electron chi connectivity index (χ0n) is 13.5. The van der Waals surface area contributed by atoms with Gasteiger partial charge in [0.2, 0.25) is 0 Å². The summed E-state index contributed by atoms with van der Waals surface area (Å²) in [5.74, 6) is -1.46. The summed E-state index contributed by atoms with van der Waals surface area (Å²) in [7, 11) is 1.29. The number of rotatable bonds is 10. The van der Waals surface area contributed by atoms with Crippen LogP contribution in [0.1, 0.15) is 48.9 Å². The first-order chi connectivity index (χ1) is 11.1. The Morgan fingerprint density at radius 1 is 1.30 bits per heavy atom. The van der Waals surface area contributed by atoms with Gasteiger partial charge in [-0.15, -0.1) is 6.58 Å². The van der Waals surface area contributed by atoms with Gasteiger partial charge in [-0.25, -0.2) is 9.18 Å². The lowest BCUT2D eigenvalue weighted by molar-refractivity contribution is -0.143. The molecule has 1 amide bonds. The highest BCUT2D eigenvalue weighted by atomic mass is 19.1. The van der Waals surface area contributed by atoms with Gasteiger partial charge in [0.15, 0.2) is 0 Å². The Morgan fingerprint density at radius 3 is 2.70 bits per heavy atom. The van der Waals surface area contributed by atoms with Crippen LogP contribution in [0.3, 0.4) is 0 Å². The molecule has 1 N–H and O–H groups in total. The van der Waals surface area contributed by atoms with Crippen LogP contribution in [0.4, 0.5) is 4.39 Å². The van der Waals surface area contributed by atoms with Crippen molar-refractivity contribution in [3.8, 4) is 0 Å². The molecule has 1 rings (SSSR count). The van der Waals surface area contributed by atoms with Crippen LogP contribution in [-0.2, 0) is 9.53 Å². The van der Waals surface area contributed by atoms with Gasteiger partial charge in [0.25, 0.3) is 5.91 Å². The quantitative estimate of drug-likeness (QED) is 0.407. The number of unbranched alkanes of at least 4 members (excludes halogenated alkanes) is 4. The van der Waals surface area contributed by atoms with E-state index in [1.807, 2.05) is 6.08 Å². The molecule has 0 fully saturated rings. The van der Waals surface area contributed by atoms with E-state index in [2.05, 4.69) is 11.9 Å². The summed E-state index contributed by atoms with van der Waals surface area (Å²) in [6.45, 7) is 3.67. The van der Waals surface area contributed by atoms with E-state index in [0.717, 1.165) is 38.2 Å². The van der Waals surface area contributed by atoms with Crippen molar-refractivity contribution in [2.45, 2.75) is 44.6 Å². The molecule has 23 heavy (non-hydrogen) atoms. The number of carbonyl (C=O) groups excluding carboxylic acids is 2. The van der Waals surface area contributed by atoms with Crippen LogP contribution in [-0.4, -0.2) is 25.0 Å². The fraction of sp³-hybridized carbons (Fsp3) is 0.444. The Bertz CT molecular complexity index is 531. The molecule has 0 aromatic heterocycles. The maximum absolute atomic E-state index is 13.2. The molecule has 1 aromatic rings. The van der Waals surface area contributed by atoms with Crippen molar-refractivity contribution in [3.05, 3.63) is 48.3 Å². The zero-order chi connectivity index (χ0) is 17.1. The molecule has 4 nitrogen and oxygen atoms in total. The molecule has 5 heteroatoms. The highest BCUT2D eigenvalue weighted by molar-refractivity contribution is 5.96. The zero-order valence-corrected chi connectivity index (χ0v) is 13.5. The monoisotopic (exact) mass is 321 g/mol. The molecule has 0 aliphatic rings. The van der Waals surface area contributed by atoms with Gasteiger partial charge in [-0.1, -0.05) is 31.4 Å². The highest BCUT2D eigenvalue weighted by Gasteiger charge is 2.21. The third-order valence-electron chi connectivity index (χ3n) is 3.53. The van der Waals surface area contributed by atoms with Gasteiger partial charge in [-0.05, 0) is 37.5 Å². The van der Waals surface area contributed by atoms with Crippen LogP contribution in [0.5, 0.6) is 0 Å². The van der Waals surface area contributed by atoms with Gasteiger partial charge in [-0.2, -0.15) is 0 Å². The number of halogens is 1. The van der Waals surface area contributed by atoms with E-state index in [4.69, 9.17) is 4.74 Å². The fourth-order valence-corrected chi connectivity index (χ4v) is 2.25. The summed E-state index contributed by atoms with van der Waals surface area (Å²) >= 11 is 0. The van der Waals surface area contributed by atoms with E-state index in [9.17, 15) is 14.0 Å². The molecule has 126 valence electrons. The predicted octanol–water partition coefficient (Wildman–Crippen LogP) is 3.62. The van der Waals surface area contributed by atoms with Crippen molar-refractivity contribution in [1.29, 1.82) is 0 Å². The minimum absolute atomic E-state index is 0.185. The Hall–Kier alpha value is -2.17. The second-order valence-corrected chi connectivity index (χ2v) is 5.34. The third kappa shape index (κ3) is 7.08. The molecular formula is C18H24FNO3. The van der Waals surface area contributed by atoms with Crippen LogP contribution in [0.2, 0.25) is 0 Å². The average Bonchev–Trinajstić information content (AvgIpc) is 2.56. The normalized spacial score (nSPS) is 11.6. The number of hydrogen-bond donors (Lipinski definition) is 1. The van der Waals surface area contributed by atoms with Crippen LogP contribution < -0.4 is 5.32 Å². The Balaban J connectivity index is 2.52. The minimum Gasteiger partial charge on any atom is -0.467 e. The molecule has 0 saturated carbocycles. The van der Waals surface area contributed by atoms with Crippen LogP contribution in [0, 0.1) is 5.82 Å². The Morgan fingerprint density at radius 2 is 2.04 bits per heavy atom. The number of hydrogen-bond acceptors (Lipinski definition) is 3. The first kappa shape index (κ1) is 18.9. The number of methoxy groups -OCH3 is 1. The summed E-state index contributed by atoms with van der Waals surface area (Å²) in [5, 5.41) is 2.62. The van der Waals surface area contributed by atoms with E-state index in [0.29, 0.717) is 6.42 Å².